The Morgan fingerprint density at radius 3 is 2.25 bits per heavy atom. The number of ketones is 1. The Balaban J connectivity index is 1.93. The van der Waals surface area contributed by atoms with E-state index in [0.717, 1.165) is 24.1 Å². The van der Waals surface area contributed by atoms with Gasteiger partial charge in [-0.1, -0.05) is 31.2 Å². The summed E-state index contributed by atoms with van der Waals surface area (Å²) in [7, 11) is 2.61. The molecule has 0 spiro atoms. The van der Waals surface area contributed by atoms with Crippen LogP contribution in [0.3, 0.4) is 0 Å². The minimum Gasteiger partial charge on any atom is -0.507 e. The van der Waals surface area contributed by atoms with E-state index in [9.17, 15) is 23.9 Å². The second-order valence-corrected chi connectivity index (χ2v) is 8.15. The lowest BCUT2D eigenvalue weighted by Crippen LogP contribution is -2.29. The number of anilines is 1. The predicted molar refractivity (Wildman–Crippen MR) is 131 cm³/mol. The van der Waals surface area contributed by atoms with Gasteiger partial charge in [-0.2, -0.15) is 0 Å². The van der Waals surface area contributed by atoms with Crippen molar-refractivity contribution in [1.29, 1.82) is 0 Å². The van der Waals surface area contributed by atoms with E-state index in [-0.39, 0.29) is 22.4 Å². The van der Waals surface area contributed by atoms with E-state index in [1.807, 2.05) is 19.1 Å². The standard InChI is InChI=1S/C28H24FNO6/c1-4-16-5-7-17(8-6-16)24-23(25(31)21-15-19(29)11-14-22(21)35-2)26(32)27(33)30(24)20-12-9-18(10-13-20)28(34)36-3/h5-15,24,31H,4H2,1-3H3/b25-23+. The zero-order valence-electron chi connectivity index (χ0n) is 19.9. The first-order valence-corrected chi connectivity index (χ1v) is 11.2. The molecule has 36 heavy (non-hydrogen) atoms. The van der Waals surface area contributed by atoms with Crippen LogP contribution in [0.2, 0.25) is 0 Å². The van der Waals surface area contributed by atoms with Crippen molar-refractivity contribution in [3.8, 4) is 5.75 Å². The van der Waals surface area contributed by atoms with E-state index in [4.69, 9.17) is 9.47 Å². The molecule has 0 radical (unpaired) electrons. The third-order valence-corrected chi connectivity index (χ3v) is 6.13. The molecule has 1 amide bonds. The summed E-state index contributed by atoms with van der Waals surface area (Å²) in [6.45, 7) is 2.00. The number of aliphatic hydroxyl groups is 1. The molecular formula is C28H24FNO6. The van der Waals surface area contributed by atoms with Crippen molar-refractivity contribution >= 4 is 29.1 Å². The maximum absolute atomic E-state index is 14.1. The van der Waals surface area contributed by atoms with Gasteiger partial charge in [0.1, 0.15) is 17.3 Å². The number of esters is 1. The van der Waals surface area contributed by atoms with Crippen LogP contribution in [0.15, 0.2) is 72.3 Å². The van der Waals surface area contributed by atoms with Crippen LogP contribution in [0, 0.1) is 5.82 Å². The summed E-state index contributed by atoms with van der Waals surface area (Å²) in [5, 5.41) is 11.3. The number of hydrogen-bond donors (Lipinski definition) is 1. The van der Waals surface area contributed by atoms with E-state index in [2.05, 4.69) is 0 Å². The van der Waals surface area contributed by atoms with Crippen LogP contribution < -0.4 is 9.64 Å². The lowest BCUT2D eigenvalue weighted by atomic mass is 9.94. The van der Waals surface area contributed by atoms with Crippen LogP contribution in [0.4, 0.5) is 10.1 Å². The van der Waals surface area contributed by atoms with Gasteiger partial charge < -0.3 is 14.6 Å². The number of ether oxygens (including phenoxy) is 2. The van der Waals surface area contributed by atoms with Crippen molar-refractivity contribution in [1.82, 2.24) is 0 Å². The van der Waals surface area contributed by atoms with Crippen molar-refractivity contribution < 1.29 is 33.4 Å². The number of carbonyl (C=O) groups excluding carboxylic acids is 3. The van der Waals surface area contributed by atoms with Gasteiger partial charge in [-0.25, -0.2) is 9.18 Å². The molecule has 1 unspecified atom stereocenters. The van der Waals surface area contributed by atoms with Crippen molar-refractivity contribution in [2.45, 2.75) is 19.4 Å². The van der Waals surface area contributed by atoms with E-state index < -0.39 is 35.3 Å². The number of hydrogen-bond acceptors (Lipinski definition) is 6. The van der Waals surface area contributed by atoms with Gasteiger partial charge in [0.2, 0.25) is 0 Å². The monoisotopic (exact) mass is 489 g/mol. The third kappa shape index (κ3) is 4.33. The normalized spacial score (nSPS) is 16.8. The number of carbonyl (C=O) groups is 3. The SMILES string of the molecule is CCc1ccc(C2/C(=C(\O)c3cc(F)ccc3OC)C(=O)C(=O)N2c2ccc(C(=O)OC)cc2)cc1. The number of Topliss-reactive ketones (excluding diaryl/α,β-unsaturated/α-hetero) is 1. The number of amides is 1. The Kier molecular flexibility index (Phi) is 6.87. The highest BCUT2D eigenvalue weighted by Crippen LogP contribution is 2.43. The summed E-state index contributed by atoms with van der Waals surface area (Å²) in [4.78, 5) is 39.7. The second kappa shape index (κ2) is 10.0. The van der Waals surface area contributed by atoms with Gasteiger partial charge in [0, 0.05) is 5.69 Å². The Hall–Kier alpha value is -4.46. The van der Waals surface area contributed by atoms with Gasteiger partial charge in [0.25, 0.3) is 11.7 Å². The number of rotatable bonds is 6. The van der Waals surface area contributed by atoms with Gasteiger partial charge in [-0.3, -0.25) is 14.5 Å². The highest BCUT2D eigenvalue weighted by molar-refractivity contribution is 6.51. The van der Waals surface area contributed by atoms with E-state index in [0.29, 0.717) is 11.3 Å². The highest BCUT2D eigenvalue weighted by atomic mass is 19.1. The zero-order valence-corrected chi connectivity index (χ0v) is 19.9. The molecule has 184 valence electrons. The number of halogens is 1. The number of methoxy groups -OCH3 is 2. The van der Waals surface area contributed by atoms with Crippen LogP contribution in [0.25, 0.3) is 5.76 Å². The number of benzene rings is 3. The first-order chi connectivity index (χ1) is 17.3. The Morgan fingerprint density at radius 2 is 1.67 bits per heavy atom. The molecule has 1 saturated heterocycles. The first kappa shape index (κ1) is 24.7. The largest absolute Gasteiger partial charge is 0.507 e. The van der Waals surface area contributed by atoms with Crippen molar-refractivity contribution in [3.05, 3.63) is 100 Å². The number of nitrogens with zero attached hydrogens (tertiary/aromatic N) is 1. The number of aryl methyl sites for hydroxylation is 1. The van der Waals surface area contributed by atoms with Gasteiger partial charge in [-0.15, -0.1) is 0 Å². The maximum atomic E-state index is 14.1. The predicted octanol–water partition coefficient (Wildman–Crippen LogP) is 4.81. The van der Waals surface area contributed by atoms with E-state index in [1.54, 1.807) is 12.1 Å². The van der Waals surface area contributed by atoms with Crippen molar-refractivity contribution in [2.75, 3.05) is 19.1 Å². The van der Waals surface area contributed by atoms with Gasteiger partial charge in [0.05, 0.1) is 37.0 Å². The minimum atomic E-state index is -1.01. The minimum absolute atomic E-state index is 0.0493. The molecule has 0 aliphatic carbocycles. The van der Waals surface area contributed by atoms with Gasteiger partial charge in [0.15, 0.2) is 0 Å². The first-order valence-electron chi connectivity index (χ1n) is 11.2. The topological polar surface area (TPSA) is 93.1 Å². The average molecular weight is 489 g/mol. The summed E-state index contributed by atoms with van der Waals surface area (Å²) < 4.78 is 24.1. The Labute approximate surface area is 207 Å². The van der Waals surface area contributed by atoms with E-state index in [1.165, 1.54) is 49.5 Å². The van der Waals surface area contributed by atoms with Crippen LogP contribution in [0.1, 0.15) is 40.0 Å². The molecule has 1 aliphatic rings. The highest BCUT2D eigenvalue weighted by Gasteiger charge is 2.47. The molecule has 1 atom stereocenters. The molecule has 0 saturated carbocycles. The average Bonchev–Trinajstić information content (AvgIpc) is 3.17. The summed E-state index contributed by atoms with van der Waals surface area (Å²) in [5.74, 6) is -3.41. The smallest absolute Gasteiger partial charge is 0.337 e. The zero-order chi connectivity index (χ0) is 26.0. The molecule has 7 nitrogen and oxygen atoms in total. The molecule has 0 bridgehead atoms. The maximum Gasteiger partial charge on any atom is 0.337 e. The van der Waals surface area contributed by atoms with Crippen LogP contribution >= 0.6 is 0 Å². The van der Waals surface area contributed by atoms with Crippen molar-refractivity contribution in [2.24, 2.45) is 0 Å². The lowest BCUT2D eigenvalue weighted by molar-refractivity contribution is -0.132. The fourth-order valence-corrected chi connectivity index (χ4v) is 4.24. The number of aliphatic hydroxyl groups excluding tert-OH is 1. The van der Waals surface area contributed by atoms with E-state index >= 15 is 0 Å². The molecule has 1 fully saturated rings. The lowest BCUT2D eigenvalue weighted by Gasteiger charge is -2.26. The van der Waals surface area contributed by atoms with Gasteiger partial charge in [-0.05, 0) is 60.0 Å². The summed E-state index contributed by atoms with van der Waals surface area (Å²) >= 11 is 0. The van der Waals surface area contributed by atoms with Gasteiger partial charge >= 0.3 is 5.97 Å². The Bertz CT molecular complexity index is 1360. The summed E-state index contributed by atoms with van der Waals surface area (Å²) in [6.07, 6.45) is 0.788. The molecule has 1 aliphatic heterocycles. The van der Waals surface area contributed by atoms with Crippen LogP contribution in [0.5, 0.6) is 5.75 Å². The fraction of sp³-hybridized carbons (Fsp3) is 0.179. The molecule has 3 aromatic carbocycles. The summed E-state index contributed by atoms with van der Waals surface area (Å²) in [5.41, 5.74) is 1.97. The quantitative estimate of drug-likeness (QED) is 0.231. The molecule has 1 N–H and O–H groups in total. The molecule has 3 aromatic rings. The molecule has 4 rings (SSSR count). The third-order valence-electron chi connectivity index (χ3n) is 6.13. The van der Waals surface area contributed by atoms with Crippen molar-refractivity contribution in [3.63, 3.8) is 0 Å². The van der Waals surface area contributed by atoms with Crippen LogP contribution in [-0.2, 0) is 20.7 Å². The second-order valence-electron chi connectivity index (χ2n) is 8.15. The fourth-order valence-electron chi connectivity index (χ4n) is 4.24. The molecule has 1 heterocycles. The molecular weight excluding hydrogens is 465 g/mol. The Morgan fingerprint density at radius 1 is 1.00 bits per heavy atom. The van der Waals surface area contributed by atoms with Crippen LogP contribution in [-0.4, -0.2) is 37.0 Å². The molecule has 0 aromatic heterocycles. The molecule has 8 heteroatoms. The summed E-state index contributed by atoms with van der Waals surface area (Å²) in [6, 6.07) is 15.8.